The fraction of sp³-hybridized carbons (Fsp3) is 0.0435. The summed E-state index contributed by atoms with van der Waals surface area (Å²) in [5, 5.41) is 9.33. The predicted molar refractivity (Wildman–Crippen MR) is 115 cm³/mol. The SMILES string of the molecule is O=C(Nc1ccc(-n2cnc3ccccc32)cc1)c1nnn(-c2ccc(F)cc2)c1C(F)(F)F. The number of hydrogen-bond acceptors (Lipinski definition) is 4. The number of hydrogen-bond donors (Lipinski definition) is 1. The highest BCUT2D eigenvalue weighted by Gasteiger charge is 2.42. The molecule has 5 aromatic rings. The number of para-hydroxylation sites is 2. The molecule has 1 N–H and O–H groups in total. The summed E-state index contributed by atoms with van der Waals surface area (Å²) in [5.41, 5.74) is 0.361. The van der Waals surface area contributed by atoms with E-state index in [-0.39, 0.29) is 11.4 Å². The van der Waals surface area contributed by atoms with E-state index in [4.69, 9.17) is 0 Å². The lowest BCUT2D eigenvalue weighted by molar-refractivity contribution is -0.143. The number of carbonyl (C=O) groups is 1. The molecule has 34 heavy (non-hydrogen) atoms. The van der Waals surface area contributed by atoms with Crippen molar-refractivity contribution in [1.82, 2.24) is 24.5 Å². The van der Waals surface area contributed by atoms with Gasteiger partial charge < -0.3 is 5.32 Å². The summed E-state index contributed by atoms with van der Waals surface area (Å²) in [6.07, 6.45) is -3.28. The predicted octanol–water partition coefficient (Wildman–Crippen LogP) is 5.02. The number of carbonyl (C=O) groups excluding carboxylic acids is 1. The van der Waals surface area contributed by atoms with Gasteiger partial charge in [0.15, 0.2) is 11.4 Å². The Labute approximate surface area is 189 Å². The molecule has 0 saturated heterocycles. The van der Waals surface area contributed by atoms with Crippen molar-refractivity contribution < 1.29 is 22.4 Å². The molecule has 0 fully saturated rings. The minimum atomic E-state index is -4.93. The number of rotatable bonds is 4. The summed E-state index contributed by atoms with van der Waals surface area (Å²) in [5.74, 6) is -1.70. The van der Waals surface area contributed by atoms with Gasteiger partial charge in [0.05, 0.1) is 16.7 Å². The van der Waals surface area contributed by atoms with E-state index in [9.17, 15) is 22.4 Å². The maximum Gasteiger partial charge on any atom is 0.435 e. The Morgan fingerprint density at radius 1 is 0.882 bits per heavy atom. The largest absolute Gasteiger partial charge is 0.435 e. The number of benzene rings is 3. The lowest BCUT2D eigenvalue weighted by Crippen LogP contribution is -2.21. The summed E-state index contributed by atoms with van der Waals surface area (Å²) in [7, 11) is 0. The fourth-order valence-corrected chi connectivity index (χ4v) is 3.51. The van der Waals surface area contributed by atoms with Gasteiger partial charge in [-0.3, -0.25) is 9.36 Å². The number of nitrogens with one attached hydrogen (secondary N) is 1. The first-order valence-electron chi connectivity index (χ1n) is 9.94. The minimum absolute atomic E-state index is 0.0859. The minimum Gasteiger partial charge on any atom is -0.321 e. The van der Waals surface area contributed by atoms with E-state index in [1.165, 1.54) is 0 Å². The van der Waals surface area contributed by atoms with Gasteiger partial charge in [-0.2, -0.15) is 13.2 Å². The molecule has 0 aliphatic rings. The van der Waals surface area contributed by atoms with Crippen LogP contribution in [0.25, 0.3) is 22.4 Å². The Kier molecular flexibility index (Phi) is 5.08. The van der Waals surface area contributed by atoms with Crippen molar-refractivity contribution in [3.05, 3.63) is 96.3 Å². The molecule has 0 aliphatic heterocycles. The van der Waals surface area contributed by atoms with E-state index < -0.39 is 29.3 Å². The molecule has 1 amide bonds. The van der Waals surface area contributed by atoms with Crippen LogP contribution in [0, 0.1) is 5.82 Å². The summed E-state index contributed by atoms with van der Waals surface area (Å²) >= 11 is 0. The van der Waals surface area contributed by atoms with Gasteiger partial charge in [-0.15, -0.1) is 5.10 Å². The topological polar surface area (TPSA) is 77.6 Å². The van der Waals surface area contributed by atoms with Crippen LogP contribution in [0.1, 0.15) is 16.2 Å². The first kappa shape index (κ1) is 21.3. The zero-order valence-electron chi connectivity index (χ0n) is 17.2. The van der Waals surface area contributed by atoms with Crippen molar-refractivity contribution in [2.24, 2.45) is 0 Å². The van der Waals surface area contributed by atoms with Crippen LogP contribution in [-0.4, -0.2) is 30.5 Å². The molecule has 0 atom stereocenters. The first-order valence-corrected chi connectivity index (χ1v) is 9.94. The molecule has 2 aromatic heterocycles. The maximum absolute atomic E-state index is 13.8. The number of amides is 1. The first-order chi connectivity index (χ1) is 16.3. The number of nitrogens with zero attached hydrogens (tertiary/aromatic N) is 5. The van der Waals surface area contributed by atoms with Crippen molar-refractivity contribution in [3.63, 3.8) is 0 Å². The van der Waals surface area contributed by atoms with E-state index in [1.807, 2.05) is 28.8 Å². The van der Waals surface area contributed by atoms with E-state index in [0.29, 0.717) is 4.68 Å². The average molecular weight is 466 g/mol. The molecule has 0 saturated carbocycles. The second-order valence-electron chi connectivity index (χ2n) is 7.28. The molecular weight excluding hydrogens is 452 g/mol. The molecule has 3 aromatic carbocycles. The Morgan fingerprint density at radius 3 is 2.26 bits per heavy atom. The third kappa shape index (κ3) is 3.87. The Hall–Kier alpha value is -4.54. The van der Waals surface area contributed by atoms with Gasteiger partial charge in [-0.25, -0.2) is 14.1 Å². The molecule has 170 valence electrons. The molecule has 11 heteroatoms. The fourth-order valence-electron chi connectivity index (χ4n) is 3.51. The molecule has 5 rings (SSSR count). The van der Waals surface area contributed by atoms with E-state index in [0.717, 1.165) is 41.0 Å². The molecule has 2 heterocycles. The molecular formula is C23H14F4N6O. The molecule has 0 radical (unpaired) electrons. The molecule has 7 nitrogen and oxygen atoms in total. The van der Waals surface area contributed by atoms with Gasteiger partial charge in [0.2, 0.25) is 0 Å². The van der Waals surface area contributed by atoms with Crippen molar-refractivity contribution in [2.45, 2.75) is 6.18 Å². The Morgan fingerprint density at radius 2 is 1.56 bits per heavy atom. The van der Waals surface area contributed by atoms with Gasteiger partial charge in [0.1, 0.15) is 12.1 Å². The maximum atomic E-state index is 13.8. The lowest BCUT2D eigenvalue weighted by atomic mass is 10.2. The zero-order chi connectivity index (χ0) is 23.9. The van der Waals surface area contributed by atoms with Crippen LogP contribution in [0.4, 0.5) is 23.2 Å². The molecule has 0 unspecified atom stereocenters. The van der Waals surface area contributed by atoms with Crippen LogP contribution in [0.5, 0.6) is 0 Å². The number of halogens is 4. The molecule has 0 aliphatic carbocycles. The summed E-state index contributed by atoms with van der Waals surface area (Å²) in [4.78, 5) is 17.0. The van der Waals surface area contributed by atoms with Crippen LogP contribution >= 0.6 is 0 Å². The summed E-state index contributed by atoms with van der Waals surface area (Å²) < 4.78 is 56.8. The highest BCUT2D eigenvalue weighted by Crippen LogP contribution is 2.33. The van der Waals surface area contributed by atoms with E-state index >= 15 is 0 Å². The summed E-state index contributed by atoms with van der Waals surface area (Å²) in [6, 6.07) is 18.2. The van der Waals surface area contributed by atoms with Crippen LogP contribution in [0.2, 0.25) is 0 Å². The van der Waals surface area contributed by atoms with E-state index in [2.05, 4.69) is 20.6 Å². The van der Waals surface area contributed by atoms with Crippen molar-refractivity contribution in [3.8, 4) is 11.4 Å². The lowest BCUT2D eigenvalue weighted by Gasteiger charge is -2.11. The van der Waals surface area contributed by atoms with Gasteiger partial charge in [0.25, 0.3) is 5.91 Å². The second-order valence-corrected chi connectivity index (χ2v) is 7.28. The third-order valence-corrected chi connectivity index (χ3v) is 5.08. The number of aromatic nitrogens is 5. The van der Waals surface area contributed by atoms with Gasteiger partial charge in [-0.05, 0) is 60.7 Å². The number of fused-ring (bicyclic) bond motifs is 1. The van der Waals surface area contributed by atoms with Gasteiger partial charge >= 0.3 is 6.18 Å². The normalized spacial score (nSPS) is 11.6. The van der Waals surface area contributed by atoms with Crippen LogP contribution < -0.4 is 5.32 Å². The monoisotopic (exact) mass is 466 g/mol. The van der Waals surface area contributed by atoms with Gasteiger partial charge in [0, 0.05) is 11.4 Å². The highest BCUT2D eigenvalue weighted by molar-refractivity contribution is 6.03. The van der Waals surface area contributed by atoms with Crippen molar-refractivity contribution >= 4 is 22.6 Å². The Balaban J connectivity index is 1.43. The average Bonchev–Trinajstić information content (AvgIpc) is 3.45. The smallest absolute Gasteiger partial charge is 0.321 e. The van der Waals surface area contributed by atoms with Gasteiger partial charge in [-0.1, -0.05) is 17.3 Å². The van der Waals surface area contributed by atoms with Crippen LogP contribution in [-0.2, 0) is 6.18 Å². The van der Waals surface area contributed by atoms with Crippen LogP contribution in [0.3, 0.4) is 0 Å². The van der Waals surface area contributed by atoms with E-state index in [1.54, 1.807) is 30.6 Å². The zero-order valence-corrected chi connectivity index (χ0v) is 17.2. The number of imidazole rings is 1. The standard InChI is InChI=1S/C23H14F4N6O/c24-14-5-9-17(10-6-14)33-21(23(25,26)27)20(30-31-33)22(34)29-15-7-11-16(12-8-15)32-13-28-18-3-1-2-4-19(18)32/h1-13H,(H,29,34). The van der Waals surface area contributed by atoms with Crippen molar-refractivity contribution in [1.29, 1.82) is 0 Å². The Bertz CT molecular complexity index is 1490. The second kappa shape index (κ2) is 8.10. The van der Waals surface area contributed by atoms with Crippen molar-refractivity contribution in [2.75, 3.05) is 5.32 Å². The highest BCUT2D eigenvalue weighted by atomic mass is 19.4. The summed E-state index contributed by atoms with van der Waals surface area (Å²) in [6.45, 7) is 0. The molecule has 0 bridgehead atoms. The quantitative estimate of drug-likeness (QED) is 0.378. The van der Waals surface area contributed by atoms with Crippen LogP contribution in [0.15, 0.2) is 79.1 Å². The number of alkyl halides is 3. The molecule has 0 spiro atoms. The third-order valence-electron chi connectivity index (χ3n) is 5.08. The number of anilines is 1.